The third kappa shape index (κ3) is 3.99. The lowest BCUT2D eigenvalue weighted by molar-refractivity contribution is 0.306. The van der Waals surface area contributed by atoms with Crippen molar-refractivity contribution >= 4 is 17.4 Å². The van der Waals surface area contributed by atoms with Gasteiger partial charge >= 0.3 is 0 Å². The van der Waals surface area contributed by atoms with Gasteiger partial charge in [0.2, 0.25) is 0 Å². The van der Waals surface area contributed by atoms with E-state index in [4.69, 9.17) is 27.5 Å². The molecule has 0 fully saturated rings. The molecule has 0 aliphatic rings. The summed E-state index contributed by atoms with van der Waals surface area (Å²) in [4.78, 5) is 0. The zero-order valence-corrected chi connectivity index (χ0v) is 12.9. The van der Waals surface area contributed by atoms with Crippen molar-refractivity contribution in [2.75, 3.05) is 0 Å². The topological polar surface area (TPSA) is 59.1 Å². The molecule has 0 unspecified atom stereocenters. The number of hydrogen-bond acceptors (Lipinski definition) is 2. The molecule has 110 valence electrons. The summed E-state index contributed by atoms with van der Waals surface area (Å²) in [6.45, 7) is 4.79. The van der Waals surface area contributed by atoms with Gasteiger partial charge in [0.05, 0.1) is 5.02 Å². The Hall–Kier alpha value is -2.00. The third-order valence-corrected chi connectivity index (χ3v) is 3.58. The number of ether oxygens (including phenoxy) is 1. The van der Waals surface area contributed by atoms with Crippen molar-refractivity contribution in [2.24, 2.45) is 5.73 Å². The molecule has 3 N–H and O–H groups in total. The van der Waals surface area contributed by atoms with Crippen molar-refractivity contribution in [1.82, 2.24) is 0 Å². The Morgan fingerprint density at radius 3 is 2.38 bits per heavy atom. The van der Waals surface area contributed by atoms with Crippen LogP contribution in [0.5, 0.6) is 5.75 Å². The second kappa shape index (κ2) is 6.64. The van der Waals surface area contributed by atoms with Crippen molar-refractivity contribution in [3.63, 3.8) is 0 Å². The summed E-state index contributed by atoms with van der Waals surface area (Å²) in [5, 5.41) is 7.83. The number of nitrogen functional groups attached to an aromatic ring is 1. The second-order valence-corrected chi connectivity index (χ2v) is 5.65. The van der Waals surface area contributed by atoms with Crippen LogP contribution in [0.4, 0.5) is 0 Å². The molecule has 2 aromatic rings. The first kappa shape index (κ1) is 15.4. The van der Waals surface area contributed by atoms with Crippen LogP contribution in [0.3, 0.4) is 0 Å². The van der Waals surface area contributed by atoms with Crippen LogP contribution in [0.1, 0.15) is 36.5 Å². The lowest BCUT2D eigenvalue weighted by Crippen LogP contribution is -2.10. The normalized spacial score (nSPS) is 10.7. The number of hydrogen-bond donors (Lipinski definition) is 2. The van der Waals surface area contributed by atoms with Crippen LogP contribution >= 0.6 is 11.6 Å². The maximum atomic E-state index is 7.37. The molecule has 0 spiro atoms. The monoisotopic (exact) mass is 302 g/mol. The molecule has 2 rings (SSSR count). The molecule has 0 radical (unpaired) electrons. The Morgan fingerprint density at radius 1 is 1.19 bits per heavy atom. The van der Waals surface area contributed by atoms with Crippen molar-refractivity contribution in [3.05, 3.63) is 64.2 Å². The first-order valence-electron chi connectivity index (χ1n) is 6.83. The number of nitrogens with one attached hydrogen (secondary N) is 1. The van der Waals surface area contributed by atoms with Gasteiger partial charge in [-0.25, -0.2) is 0 Å². The third-order valence-electron chi connectivity index (χ3n) is 3.28. The fraction of sp³-hybridized carbons (Fsp3) is 0.235. The highest BCUT2D eigenvalue weighted by Gasteiger charge is 2.06. The molecule has 3 nitrogen and oxygen atoms in total. The van der Waals surface area contributed by atoms with E-state index in [9.17, 15) is 0 Å². The predicted octanol–water partition coefficient (Wildman–Crippen LogP) is 4.33. The number of halogens is 1. The van der Waals surface area contributed by atoms with Crippen LogP contribution in [0.2, 0.25) is 5.02 Å². The molecule has 0 aliphatic carbocycles. The van der Waals surface area contributed by atoms with Crippen molar-refractivity contribution in [2.45, 2.75) is 26.4 Å². The van der Waals surface area contributed by atoms with E-state index in [1.54, 1.807) is 18.2 Å². The van der Waals surface area contributed by atoms with Gasteiger partial charge in [-0.3, -0.25) is 5.41 Å². The molecule has 0 saturated carbocycles. The average Bonchev–Trinajstić information content (AvgIpc) is 2.46. The first-order chi connectivity index (χ1) is 9.97. The number of nitrogens with two attached hydrogens (primary N) is 1. The van der Waals surface area contributed by atoms with Gasteiger partial charge in [0.1, 0.15) is 18.2 Å². The highest BCUT2D eigenvalue weighted by Crippen LogP contribution is 2.26. The van der Waals surface area contributed by atoms with Gasteiger partial charge in [0.15, 0.2) is 0 Å². The van der Waals surface area contributed by atoms with Crippen LogP contribution in [-0.4, -0.2) is 5.84 Å². The Labute approximate surface area is 130 Å². The maximum Gasteiger partial charge on any atom is 0.138 e. The Bertz CT molecular complexity index is 636. The summed E-state index contributed by atoms with van der Waals surface area (Å²) in [7, 11) is 0. The summed E-state index contributed by atoms with van der Waals surface area (Å²) in [5.74, 6) is 1.11. The maximum absolute atomic E-state index is 7.37. The zero-order chi connectivity index (χ0) is 15.4. The van der Waals surface area contributed by atoms with Gasteiger partial charge in [0.25, 0.3) is 0 Å². The largest absolute Gasteiger partial charge is 0.487 e. The van der Waals surface area contributed by atoms with Gasteiger partial charge in [-0.2, -0.15) is 0 Å². The van der Waals surface area contributed by atoms with Gasteiger partial charge in [0, 0.05) is 5.56 Å². The van der Waals surface area contributed by atoms with Crippen LogP contribution in [0.25, 0.3) is 0 Å². The van der Waals surface area contributed by atoms with E-state index in [0.717, 1.165) is 5.56 Å². The van der Waals surface area contributed by atoms with Gasteiger partial charge in [-0.1, -0.05) is 49.7 Å². The summed E-state index contributed by atoms with van der Waals surface area (Å²) in [5.41, 5.74) is 8.41. The Morgan fingerprint density at radius 2 is 1.86 bits per heavy atom. The molecular weight excluding hydrogens is 284 g/mol. The van der Waals surface area contributed by atoms with E-state index in [2.05, 4.69) is 38.1 Å². The van der Waals surface area contributed by atoms with E-state index in [0.29, 0.717) is 28.9 Å². The average molecular weight is 303 g/mol. The SMILES string of the molecule is CC(C)c1ccc(COc2ccc(C(=N)N)cc2Cl)cc1. The van der Waals surface area contributed by atoms with E-state index in [1.807, 2.05) is 0 Å². The van der Waals surface area contributed by atoms with Crippen molar-refractivity contribution in [1.29, 1.82) is 5.41 Å². The van der Waals surface area contributed by atoms with E-state index in [-0.39, 0.29) is 5.84 Å². The lowest BCUT2D eigenvalue weighted by Gasteiger charge is -2.10. The standard InChI is InChI=1S/C17H19ClN2O/c1-11(2)13-5-3-12(4-6-13)10-21-16-8-7-14(17(19)20)9-15(16)18/h3-9,11H,10H2,1-2H3,(H3,19,20). The van der Waals surface area contributed by atoms with Gasteiger partial charge in [-0.05, 0) is 35.2 Å². The molecule has 21 heavy (non-hydrogen) atoms. The number of benzene rings is 2. The lowest BCUT2D eigenvalue weighted by atomic mass is 10.0. The van der Waals surface area contributed by atoms with Crippen molar-refractivity contribution < 1.29 is 4.74 Å². The summed E-state index contributed by atoms with van der Waals surface area (Å²) < 4.78 is 5.71. The predicted molar refractivity (Wildman–Crippen MR) is 87.3 cm³/mol. The van der Waals surface area contributed by atoms with Crippen molar-refractivity contribution in [3.8, 4) is 5.75 Å². The molecule has 0 heterocycles. The minimum absolute atomic E-state index is 0.00674. The Kier molecular flexibility index (Phi) is 4.86. The minimum atomic E-state index is -0.00674. The van der Waals surface area contributed by atoms with Crippen LogP contribution in [0, 0.1) is 5.41 Å². The highest BCUT2D eigenvalue weighted by molar-refractivity contribution is 6.32. The zero-order valence-electron chi connectivity index (χ0n) is 12.2. The smallest absolute Gasteiger partial charge is 0.138 e. The second-order valence-electron chi connectivity index (χ2n) is 5.24. The fourth-order valence-electron chi connectivity index (χ4n) is 1.95. The van der Waals surface area contributed by atoms with Gasteiger partial charge < -0.3 is 10.5 Å². The first-order valence-corrected chi connectivity index (χ1v) is 7.20. The minimum Gasteiger partial charge on any atom is -0.487 e. The molecular formula is C17H19ClN2O. The quantitative estimate of drug-likeness (QED) is 0.638. The van der Waals surface area contributed by atoms with Crippen LogP contribution < -0.4 is 10.5 Å². The molecule has 0 amide bonds. The van der Waals surface area contributed by atoms with E-state index >= 15 is 0 Å². The molecule has 0 bridgehead atoms. The fourth-order valence-corrected chi connectivity index (χ4v) is 2.18. The number of amidine groups is 1. The molecule has 4 heteroatoms. The van der Waals surface area contributed by atoms with Crippen LogP contribution in [-0.2, 0) is 6.61 Å². The summed E-state index contributed by atoms with van der Waals surface area (Å²) in [6, 6.07) is 13.5. The molecule has 0 aromatic heterocycles. The molecule has 0 saturated heterocycles. The van der Waals surface area contributed by atoms with E-state index in [1.165, 1.54) is 5.56 Å². The summed E-state index contributed by atoms with van der Waals surface area (Å²) in [6.07, 6.45) is 0. The molecule has 0 aliphatic heterocycles. The Balaban J connectivity index is 2.04. The summed E-state index contributed by atoms with van der Waals surface area (Å²) >= 11 is 6.13. The van der Waals surface area contributed by atoms with Gasteiger partial charge in [-0.15, -0.1) is 0 Å². The van der Waals surface area contributed by atoms with Crippen LogP contribution in [0.15, 0.2) is 42.5 Å². The van der Waals surface area contributed by atoms with E-state index < -0.39 is 0 Å². The molecule has 2 aromatic carbocycles. The molecule has 0 atom stereocenters. The number of rotatable bonds is 5. The highest BCUT2D eigenvalue weighted by atomic mass is 35.5.